The van der Waals surface area contributed by atoms with Gasteiger partial charge in [0.15, 0.2) is 0 Å². The van der Waals surface area contributed by atoms with Crippen LogP contribution in [-0.2, 0) is 19.7 Å². The monoisotopic (exact) mass is 368 g/mol. The van der Waals surface area contributed by atoms with Crippen molar-refractivity contribution >= 4 is 10.1 Å². The topological polar surface area (TPSA) is 43.4 Å². The molecule has 4 heteroatoms. The summed E-state index contributed by atoms with van der Waals surface area (Å²) in [5, 5.41) is 0. The zero-order chi connectivity index (χ0) is 18.6. The highest BCUT2D eigenvalue weighted by Gasteiger charge is 2.50. The lowest BCUT2D eigenvalue weighted by molar-refractivity contribution is 0.314. The van der Waals surface area contributed by atoms with Crippen LogP contribution in [-0.4, -0.2) is 15.0 Å². The van der Waals surface area contributed by atoms with Crippen molar-refractivity contribution < 1.29 is 12.6 Å². The van der Waals surface area contributed by atoms with Crippen molar-refractivity contribution in [3.8, 4) is 11.8 Å². The maximum atomic E-state index is 12.1. The van der Waals surface area contributed by atoms with Crippen LogP contribution >= 0.6 is 0 Å². The van der Waals surface area contributed by atoms with E-state index in [9.17, 15) is 8.42 Å². The third-order valence-corrected chi connectivity index (χ3v) is 6.27. The summed E-state index contributed by atoms with van der Waals surface area (Å²) in [5.41, 5.74) is 2.52. The van der Waals surface area contributed by atoms with Crippen LogP contribution in [0, 0.1) is 24.7 Å². The van der Waals surface area contributed by atoms with Crippen LogP contribution in [0.5, 0.6) is 0 Å². The van der Waals surface area contributed by atoms with Crippen molar-refractivity contribution in [1.29, 1.82) is 0 Å². The van der Waals surface area contributed by atoms with Gasteiger partial charge in [-0.25, -0.2) is 0 Å². The minimum atomic E-state index is -3.67. The molecule has 3 nitrogen and oxygen atoms in total. The molecule has 1 saturated carbocycles. The number of aryl methyl sites for hydroxylation is 1. The molecule has 0 aromatic heterocycles. The molecule has 1 aliphatic rings. The van der Waals surface area contributed by atoms with Crippen LogP contribution in [0.2, 0.25) is 0 Å². The number of hydrogen-bond donors (Lipinski definition) is 0. The zero-order valence-corrected chi connectivity index (χ0v) is 16.1. The Kier molecular flexibility index (Phi) is 5.50. The fourth-order valence-electron chi connectivity index (χ4n) is 3.01. The summed E-state index contributed by atoms with van der Waals surface area (Å²) in [6.45, 7) is 4.32. The van der Waals surface area contributed by atoms with Gasteiger partial charge < -0.3 is 0 Å². The van der Waals surface area contributed by atoms with Crippen molar-refractivity contribution in [2.45, 2.75) is 43.4 Å². The molecule has 0 aliphatic heterocycles. The molecule has 3 rings (SSSR count). The SMILES string of the molecule is Cc1ccc(S(=O)(=O)OCCCC#C[C@H]2C[C@]2(C)c2ccccc2)cc1. The fourth-order valence-corrected chi connectivity index (χ4v) is 3.95. The normalized spacial score (nSPS) is 21.7. The standard InChI is InChI=1S/C22H24O3S/c1-18-12-14-21(15-13-18)26(23,24)25-16-8-4-7-11-20-17-22(20,2)19-9-5-3-6-10-19/h3,5-6,9-10,12-15,20H,4,8,16-17H2,1-2H3/t20-,22+/m0/s1. The van der Waals surface area contributed by atoms with E-state index in [1.807, 2.05) is 13.0 Å². The van der Waals surface area contributed by atoms with Crippen LogP contribution in [0.15, 0.2) is 59.5 Å². The first-order valence-electron chi connectivity index (χ1n) is 8.92. The van der Waals surface area contributed by atoms with Gasteiger partial charge in [0.1, 0.15) is 0 Å². The minimum Gasteiger partial charge on any atom is -0.266 e. The molecule has 1 fully saturated rings. The van der Waals surface area contributed by atoms with Crippen molar-refractivity contribution in [2.24, 2.45) is 5.92 Å². The van der Waals surface area contributed by atoms with Gasteiger partial charge in [0.05, 0.1) is 11.5 Å². The van der Waals surface area contributed by atoms with Gasteiger partial charge in [0, 0.05) is 17.8 Å². The van der Waals surface area contributed by atoms with Gasteiger partial charge >= 0.3 is 0 Å². The second-order valence-corrected chi connectivity index (χ2v) is 8.67. The van der Waals surface area contributed by atoms with Gasteiger partial charge in [-0.1, -0.05) is 60.9 Å². The molecule has 0 N–H and O–H groups in total. The molecule has 0 radical (unpaired) electrons. The quantitative estimate of drug-likeness (QED) is 0.429. The number of rotatable bonds is 6. The first-order chi connectivity index (χ1) is 12.4. The molecule has 0 saturated heterocycles. The Labute approximate surface area is 156 Å². The summed E-state index contributed by atoms with van der Waals surface area (Å²) in [6.07, 6.45) is 2.33. The van der Waals surface area contributed by atoms with E-state index in [-0.39, 0.29) is 16.9 Å². The summed E-state index contributed by atoms with van der Waals surface area (Å²) in [5.74, 6) is 6.90. The van der Waals surface area contributed by atoms with Crippen LogP contribution in [0.1, 0.15) is 37.3 Å². The van der Waals surface area contributed by atoms with Gasteiger partial charge in [-0.15, -0.1) is 5.92 Å². The highest BCUT2D eigenvalue weighted by molar-refractivity contribution is 7.86. The van der Waals surface area contributed by atoms with E-state index in [0.717, 1.165) is 12.0 Å². The van der Waals surface area contributed by atoms with E-state index in [1.54, 1.807) is 24.3 Å². The maximum Gasteiger partial charge on any atom is 0.296 e. The predicted octanol–water partition coefficient (Wildman–Crippen LogP) is 4.46. The molecule has 0 unspecified atom stereocenters. The van der Waals surface area contributed by atoms with Crippen molar-refractivity contribution in [3.63, 3.8) is 0 Å². The Hall–Kier alpha value is -2.09. The van der Waals surface area contributed by atoms with E-state index in [0.29, 0.717) is 18.8 Å². The molecule has 2 aromatic carbocycles. The summed E-state index contributed by atoms with van der Waals surface area (Å²) in [4.78, 5) is 0.200. The Morgan fingerprint density at radius 3 is 2.50 bits per heavy atom. The molecular weight excluding hydrogens is 344 g/mol. The summed E-state index contributed by atoms with van der Waals surface area (Å²) < 4.78 is 29.2. The van der Waals surface area contributed by atoms with Crippen LogP contribution in [0.3, 0.4) is 0 Å². The molecule has 26 heavy (non-hydrogen) atoms. The Morgan fingerprint density at radius 2 is 1.81 bits per heavy atom. The smallest absolute Gasteiger partial charge is 0.266 e. The third kappa shape index (κ3) is 4.35. The first kappa shape index (κ1) is 18.7. The van der Waals surface area contributed by atoms with Gasteiger partial charge in [-0.05, 0) is 37.5 Å². The van der Waals surface area contributed by atoms with Gasteiger partial charge in [0.2, 0.25) is 0 Å². The first-order valence-corrected chi connectivity index (χ1v) is 10.3. The predicted molar refractivity (Wildman–Crippen MR) is 103 cm³/mol. The van der Waals surface area contributed by atoms with E-state index in [2.05, 4.69) is 43.0 Å². The van der Waals surface area contributed by atoms with Gasteiger partial charge in [-0.3, -0.25) is 4.18 Å². The van der Waals surface area contributed by atoms with Crippen molar-refractivity contribution in [1.82, 2.24) is 0 Å². The average Bonchev–Trinajstić information content (AvgIpc) is 3.31. The lowest BCUT2D eigenvalue weighted by Gasteiger charge is -2.08. The molecule has 2 atom stereocenters. The largest absolute Gasteiger partial charge is 0.296 e. The lowest BCUT2D eigenvalue weighted by atomic mass is 9.96. The second kappa shape index (κ2) is 7.65. The molecule has 0 bridgehead atoms. The number of benzene rings is 2. The van der Waals surface area contributed by atoms with E-state index < -0.39 is 10.1 Å². The summed E-state index contributed by atoms with van der Waals surface area (Å²) >= 11 is 0. The van der Waals surface area contributed by atoms with E-state index >= 15 is 0 Å². The third-order valence-electron chi connectivity index (χ3n) is 4.94. The second-order valence-electron chi connectivity index (χ2n) is 7.05. The van der Waals surface area contributed by atoms with Crippen LogP contribution < -0.4 is 0 Å². The van der Waals surface area contributed by atoms with E-state index in [1.165, 1.54) is 5.56 Å². The molecule has 2 aromatic rings. The maximum absolute atomic E-state index is 12.1. The molecule has 1 aliphatic carbocycles. The zero-order valence-electron chi connectivity index (χ0n) is 15.2. The Balaban J connectivity index is 1.43. The summed E-state index contributed by atoms with van der Waals surface area (Å²) in [7, 11) is -3.67. The highest BCUT2D eigenvalue weighted by Crippen LogP contribution is 2.53. The molecule has 136 valence electrons. The molecule has 0 amide bonds. The lowest BCUT2D eigenvalue weighted by Crippen LogP contribution is -2.07. The van der Waals surface area contributed by atoms with Crippen molar-refractivity contribution in [3.05, 3.63) is 65.7 Å². The Bertz CT molecular complexity index is 905. The average molecular weight is 368 g/mol. The fraction of sp³-hybridized carbons (Fsp3) is 0.364. The van der Waals surface area contributed by atoms with E-state index in [4.69, 9.17) is 4.18 Å². The molecular formula is C22H24O3S. The van der Waals surface area contributed by atoms with Gasteiger partial charge in [0.25, 0.3) is 10.1 Å². The molecule has 0 heterocycles. The number of unbranched alkanes of at least 4 members (excludes halogenated alkanes) is 1. The number of hydrogen-bond acceptors (Lipinski definition) is 3. The molecule has 0 spiro atoms. The van der Waals surface area contributed by atoms with Crippen molar-refractivity contribution in [2.75, 3.05) is 6.61 Å². The highest BCUT2D eigenvalue weighted by atomic mass is 32.2. The Morgan fingerprint density at radius 1 is 1.12 bits per heavy atom. The van der Waals surface area contributed by atoms with Crippen LogP contribution in [0.4, 0.5) is 0 Å². The van der Waals surface area contributed by atoms with Gasteiger partial charge in [-0.2, -0.15) is 8.42 Å². The van der Waals surface area contributed by atoms with Crippen LogP contribution in [0.25, 0.3) is 0 Å². The summed E-state index contributed by atoms with van der Waals surface area (Å²) in [6, 6.07) is 17.1. The minimum absolute atomic E-state index is 0.158.